The van der Waals surface area contributed by atoms with Crippen LogP contribution in [0.25, 0.3) is 27.8 Å². The normalized spacial score (nSPS) is 14.4. The molecule has 2 aromatic heterocycles. The van der Waals surface area contributed by atoms with Crippen LogP contribution in [-0.2, 0) is 10.0 Å². The monoisotopic (exact) mass is 381 g/mol. The summed E-state index contributed by atoms with van der Waals surface area (Å²) in [5.41, 5.74) is 2.80. The Hall–Kier alpha value is -3.26. The summed E-state index contributed by atoms with van der Waals surface area (Å²) in [6.07, 6.45) is 0. The molecule has 0 spiro atoms. The van der Waals surface area contributed by atoms with Gasteiger partial charge < -0.3 is 13.8 Å². The van der Waals surface area contributed by atoms with Gasteiger partial charge in [-0.1, -0.05) is 23.4 Å². The largest absolute Gasteiger partial charge is 0.497 e. The van der Waals surface area contributed by atoms with Crippen LogP contribution in [0.1, 0.15) is 5.76 Å². The van der Waals surface area contributed by atoms with E-state index >= 15 is 0 Å². The van der Waals surface area contributed by atoms with E-state index in [1.807, 2.05) is 47.0 Å². The lowest BCUT2D eigenvalue weighted by Gasteiger charge is -2.17. The van der Waals surface area contributed by atoms with E-state index in [1.165, 1.54) is 0 Å². The fraction of sp³-hybridized carbons (Fsp3) is 0.105. The molecule has 0 radical (unpaired) electrons. The Balaban J connectivity index is 1.97. The Kier molecular flexibility index (Phi) is 3.17. The number of aromatic nitrogens is 2. The van der Waals surface area contributed by atoms with Gasteiger partial charge in [-0.25, -0.2) is 8.42 Å². The second-order valence-electron chi connectivity index (χ2n) is 6.30. The summed E-state index contributed by atoms with van der Waals surface area (Å²) in [5, 5.41) is 4.53. The number of hydrogen-bond acceptors (Lipinski definition) is 5. The Bertz CT molecular complexity index is 1300. The van der Waals surface area contributed by atoms with Gasteiger partial charge >= 0.3 is 0 Å². The molecule has 4 aromatic rings. The van der Waals surface area contributed by atoms with Crippen LogP contribution >= 0.6 is 0 Å². The SMILES string of the molecule is COc1ccc(-n2c3c(c4ccccc42)S(=O)(=O)Nc2noc(C)c2-3)cc1. The maximum absolute atomic E-state index is 13.0. The van der Waals surface area contributed by atoms with Crippen LogP contribution in [0.2, 0.25) is 0 Å². The summed E-state index contributed by atoms with van der Waals surface area (Å²) in [4.78, 5) is 0.229. The van der Waals surface area contributed by atoms with E-state index in [2.05, 4.69) is 9.88 Å². The molecular formula is C19H15N3O4S. The molecule has 0 bridgehead atoms. The number of nitrogens with one attached hydrogen (secondary N) is 1. The number of methoxy groups -OCH3 is 1. The van der Waals surface area contributed by atoms with E-state index in [4.69, 9.17) is 9.26 Å². The number of fused-ring (bicyclic) bond motifs is 5. The molecule has 0 fully saturated rings. The minimum absolute atomic E-state index is 0.206. The molecule has 0 saturated carbocycles. The third-order valence-electron chi connectivity index (χ3n) is 4.76. The highest BCUT2D eigenvalue weighted by Crippen LogP contribution is 2.47. The first kappa shape index (κ1) is 16.0. The first-order chi connectivity index (χ1) is 13.0. The molecule has 136 valence electrons. The molecular weight excluding hydrogens is 366 g/mol. The second kappa shape index (κ2) is 5.37. The lowest BCUT2D eigenvalue weighted by atomic mass is 10.1. The van der Waals surface area contributed by atoms with Gasteiger partial charge in [-0.2, -0.15) is 0 Å². The van der Waals surface area contributed by atoms with Crippen LogP contribution in [0, 0.1) is 6.92 Å². The van der Waals surface area contributed by atoms with E-state index in [1.54, 1.807) is 20.1 Å². The average Bonchev–Trinajstić information content (AvgIpc) is 3.19. The fourth-order valence-corrected chi connectivity index (χ4v) is 5.01. The Labute approximate surface area is 155 Å². The van der Waals surface area contributed by atoms with Crippen molar-refractivity contribution in [2.45, 2.75) is 11.8 Å². The van der Waals surface area contributed by atoms with Crippen LogP contribution in [0.3, 0.4) is 0 Å². The zero-order valence-electron chi connectivity index (χ0n) is 14.6. The lowest BCUT2D eigenvalue weighted by molar-refractivity contribution is 0.401. The van der Waals surface area contributed by atoms with Crippen molar-refractivity contribution in [3.63, 3.8) is 0 Å². The van der Waals surface area contributed by atoms with Crippen molar-refractivity contribution >= 4 is 26.7 Å². The molecule has 0 amide bonds. The van der Waals surface area contributed by atoms with E-state index in [9.17, 15) is 8.42 Å². The average molecular weight is 381 g/mol. The van der Waals surface area contributed by atoms with Crippen LogP contribution in [0.4, 0.5) is 5.82 Å². The summed E-state index contributed by atoms with van der Waals surface area (Å²) in [6, 6.07) is 14.9. The number of para-hydroxylation sites is 1. The third-order valence-corrected chi connectivity index (χ3v) is 6.17. The number of sulfonamides is 1. The maximum Gasteiger partial charge on any atom is 0.265 e. The predicted molar refractivity (Wildman–Crippen MR) is 101 cm³/mol. The molecule has 7 nitrogen and oxygen atoms in total. The van der Waals surface area contributed by atoms with Gasteiger partial charge in [-0.15, -0.1) is 0 Å². The van der Waals surface area contributed by atoms with Gasteiger partial charge in [0, 0.05) is 11.1 Å². The Morgan fingerprint density at radius 2 is 1.85 bits per heavy atom. The van der Waals surface area contributed by atoms with Gasteiger partial charge in [0.15, 0.2) is 5.82 Å². The first-order valence-electron chi connectivity index (χ1n) is 8.28. The van der Waals surface area contributed by atoms with Crippen molar-refractivity contribution in [2.75, 3.05) is 11.8 Å². The summed E-state index contributed by atoms with van der Waals surface area (Å²) < 4.78 is 40.9. The Morgan fingerprint density at radius 3 is 2.59 bits per heavy atom. The second-order valence-corrected chi connectivity index (χ2v) is 7.92. The van der Waals surface area contributed by atoms with Crippen molar-refractivity contribution in [1.29, 1.82) is 0 Å². The molecule has 1 aliphatic rings. The predicted octanol–water partition coefficient (Wildman–Crippen LogP) is 3.72. The van der Waals surface area contributed by atoms with Crippen molar-refractivity contribution in [1.82, 2.24) is 9.72 Å². The molecule has 1 N–H and O–H groups in total. The van der Waals surface area contributed by atoms with E-state index in [-0.39, 0.29) is 10.7 Å². The molecule has 0 aliphatic carbocycles. The molecule has 0 saturated heterocycles. The molecule has 8 heteroatoms. The fourth-order valence-electron chi connectivity index (χ4n) is 3.61. The zero-order chi connectivity index (χ0) is 18.8. The van der Waals surface area contributed by atoms with Gasteiger partial charge in [-0.05, 0) is 37.3 Å². The lowest BCUT2D eigenvalue weighted by Crippen LogP contribution is -2.19. The maximum atomic E-state index is 13.0. The van der Waals surface area contributed by atoms with Crippen molar-refractivity contribution in [3.05, 3.63) is 54.3 Å². The van der Waals surface area contributed by atoms with Crippen molar-refractivity contribution in [3.8, 4) is 22.7 Å². The van der Waals surface area contributed by atoms with E-state index in [0.717, 1.165) is 17.0 Å². The topological polar surface area (TPSA) is 86.4 Å². The summed E-state index contributed by atoms with van der Waals surface area (Å²) in [6.45, 7) is 1.77. The van der Waals surface area contributed by atoms with Gasteiger partial charge in [0.1, 0.15) is 16.4 Å². The van der Waals surface area contributed by atoms with E-state index in [0.29, 0.717) is 22.4 Å². The molecule has 27 heavy (non-hydrogen) atoms. The summed E-state index contributed by atoms with van der Waals surface area (Å²) in [7, 11) is -2.18. The quantitative estimate of drug-likeness (QED) is 0.572. The van der Waals surface area contributed by atoms with Gasteiger partial charge in [0.05, 0.1) is 23.9 Å². The molecule has 0 atom stereocenters. The number of anilines is 1. The highest BCUT2D eigenvalue weighted by Gasteiger charge is 2.37. The number of ether oxygens (including phenoxy) is 1. The van der Waals surface area contributed by atoms with E-state index < -0.39 is 10.0 Å². The van der Waals surface area contributed by atoms with Crippen LogP contribution in [-0.4, -0.2) is 25.3 Å². The zero-order valence-corrected chi connectivity index (χ0v) is 15.4. The first-order valence-corrected chi connectivity index (χ1v) is 9.77. The van der Waals surface area contributed by atoms with Crippen LogP contribution in [0.15, 0.2) is 57.9 Å². The van der Waals surface area contributed by atoms with Crippen LogP contribution in [0.5, 0.6) is 5.75 Å². The minimum Gasteiger partial charge on any atom is -0.497 e. The highest BCUT2D eigenvalue weighted by atomic mass is 32.2. The molecule has 3 heterocycles. The molecule has 5 rings (SSSR count). The van der Waals surface area contributed by atoms with Gasteiger partial charge in [-0.3, -0.25) is 4.72 Å². The number of aryl methyl sites for hydroxylation is 1. The highest BCUT2D eigenvalue weighted by molar-refractivity contribution is 7.93. The van der Waals surface area contributed by atoms with Gasteiger partial charge in [0.25, 0.3) is 10.0 Å². The van der Waals surface area contributed by atoms with Crippen LogP contribution < -0.4 is 9.46 Å². The minimum atomic E-state index is -3.79. The molecule has 0 unspecified atom stereocenters. The number of nitrogens with zero attached hydrogens (tertiary/aromatic N) is 2. The standard InChI is InChI=1S/C19H15N3O4S/c1-11-16-17-18(27(23,24)21-19(16)20-26-11)14-5-3-4-6-15(14)22(17)12-7-9-13(25-2)10-8-12/h3-10H,1-2H3,(H,20,21). The number of benzene rings is 2. The third kappa shape index (κ3) is 2.13. The molecule has 1 aliphatic heterocycles. The summed E-state index contributed by atoms with van der Waals surface area (Å²) in [5.74, 6) is 1.48. The Morgan fingerprint density at radius 1 is 1.11 bits per heavy atom. The van der Waals surface area contributed by atoms with Gasteiger partial charge in [0.2, 0.25) is 0 Å². The van der Waals surface area contributed by atoms with Crippen molar-refractivity contribution < 1.29 is 17.7 Å². The summed E-state index contributed by atoms with van der Waals surface area (Å²) >= 11 is 0. The van der Waals surface area contributed by atoms with Crippen molar-refractivity contribution in [2.24, 2.45) is 0 Å². The molecule has 2 aromatic carbocycles. The number of rotatable bonds is 2. The smallest absolute Gasteiger partial charge is 0.265 e. The number of hydrogen-bond donors (Lipinski definition) is 1.